The van der Waals surface area contributed by atoms with Crippen LogP contribution in [0.3, 0.4) is 0 Å². The molecule has 6 rings (SSSR count). The highest BCUT2D eigenvalue weighted by Crippen LogP contribution is 2.26. The van der Waals surface area contributed by atoms with Crippen LogP contribution in [-0.4, -0.2) is 28.5 Å². The van der Waals surface area contributed by atoms with Crippen LogP contribution in [0.25, 0.3) is 11.1 Å². The van der Waals surface area contributed by atoms with Crippen molar-refractivity contribution in [2.45, 2.75) is 20.8 Å². The van der Waals surface area contributed by atoms with Crippen molar-refractivity contribution in [2.75, 3.05) is 17.2 Å². The first-order valence-electron chi connectivity index (χ1n) is 16.3. The van der Waals surface area contributed by atoms with Gasteiger partial charge in [-0.25, -0.2) is 0 Å². The molecule has 4 aromatic carbocycles. The van der Waals surface area contributed by atoms with Crippen LogP contribution in [0, 0.1) is 26.2 Å². The number of allylic oxidation sites excluding steroid dienone is 2. The number of ether oxygens (including phenoxy) is 1. The first kappa shape index (κ1) is 37.9. The number of aryl methyl sites for hydroxylation is 2. The largest absolute Gasteiger partial charge is 0.494 e. The van der Waals surface area contributed by atoms with Gasteiger partial charge in [-0.3, -0.25) is 9.59 Å². The second-order valence-corrected chi connectivity index (χ2v) is 12.2. The van der Waals surface area contributed by atoms with Crippen molar-refractivity contribution in [3.05, 3.63) is 171 Å². The van der Waals surface area contributed by atoms with Crippen LogP contribution in [0.1, 0.15) is 56.1 Å². The van der Waals surface area contributed by atoms with Crippen molar-refractivity contribution in [3.8, 4) is 18.1 Å². The molecule has 0 aliphatic heterocycles. The van der Waals surface area contributed by atoms with Gasteiger partial charge in [0.25, 0.3) is 0 Å². The number of Topliss-reactive ketones (excluding diaryl/α,β-unsaturated/α-hetero) is 2. The minimum Gasteiger partial charge on any atom is -0.494 e. The predicted molar refractivity (Wildman–Crippen MR) is 209 cm³/mol. The first-order chi connectivity index (χ1) is 25.6. The number of carbonyl (C=O) groups is 2. The molecule has 53 heavy (non-hydrogen) atoms. The third-order valence-electron chi connectivity index (χ3n) is 7.48. The van der Waals surface area contributed by atoms with Crippen LogP contribution in [-0.2, 0) is 0 Å². The lowest BCUT2D eigenvalue weighted by Crippen LogP contribution is -2.05. The molecule has 2 heterocycles. The molecule has 2 aromatic heterocycles. The second-order valence-electron chi connectivity index (χ2n) is 11.4. The fourth-order valence-corrected chi connectivity index (χ4v) is 5.16. The molecule has 11 heteroatoms. The van der Waals surface area contributed by atoms with Crippen LogP contribution in [0.15, 0.2) is 131 Å². The van der Waals surface area contributed by atoms with Crippen molar-refractivity contribution in [2.24, 2.45) is 0 Å². The number of nitrogens with one attached hydrogen (secondary N) is 2. The van der Waals surface area contributed by atoms with Crippen molar-refractivity contribution in [3.63, 3.8) is 0 Å². The Kier molecular flexibility index (Phi) is 13.0. The van der Waals surface area contributed by atoms with Gasteiger partial charge in [0, 0.05) is 57.6 Å². The number of carbonyl (C=O) groups excluding carboxylic acids is 2. The minimum absolute atomic E-state index is 0.203. The molecule has 0 bridgehead atoms. The molecule has 0 fully saturated rings. The maximum absolute atomic E-state index is 13.0. The van der Waals surface area contributed by atoms with E-state index in [9.17, 15) is 9.59 Å². The lowest BCUT2D eigenvalue weighted by molar-refractivity contribution is 0.104. The third-order valence-corrected chi connectivity index (χ3v) is 8.07. The second kappa shape index (κ2) is 18.2. The Hall–Kier alpha value is -6.34. The molecule has 0 radical (unpaired) electrons. The van der Waals surface area contributed by atoms with Gasteiger partial charge < -0.3 is 24.4 Å². The van der Waals surface area contributed by atoms with E-state index in [1.54, 1.807) is 86.9 Å². The van der Waals surface area contributed by atoms with Crippen molar-refractivity contribution < 1.29 is 23.4 Å². The van der Waals surface area contributed by atoms with Gasteiger partial charge >= 0.3 is 0 Å². The summed E-state index contributed by atoms with van der Waals surface area (Å²) in [4.78, 5) is 26.0. The van der Waals surface area contributed by atoms with Crippen LogP contribution in [0.2, 0.25) is 10.0 Å². The molecule has 266 valence electrons. The van der Waals surface area contributed by atoms with Gasteiger partial charge in [0.05, 0.1) is 34.2 Å². The molecule has 0 saturated carbocycles. The van der Waals surface area contributed by atoms with E-state index in [1.807, 2.05) is 55.5 Å². The standard InChI is InChI=1S/C21H19ClN2O3.C21H15ClN2O2/c1-3-26-16-10-8-15(9-11-16)23-13-18(20-12-14(2)24-27-20)21(25)17-6-4-5-7-19(17)22;1-3-15-4-10-18(11-5-15)23-13-19(20-12-14(2)24-26-20)21(25)16-6-8-17(22)9-7-16/h4-13,23H,3H2,1-2H3;1,4-13,23H,2H3. The highest BCUT2D eigenvalue weighted by Gasteiger charge is 2.21. The zero-order valence-electron chi connectivity index (χ0n) is 29.0. The number of anilines is 2. The van der Waals surface area contributed by atoms with Crippen molar-refractivity contribution in [1.82, 2.24) is 10.3 Å². The number of hydrogen-bond acceptors (Lipinski definition) is 9. The maximum atomic E-state index is 13.0. The molecule has 0 spiro atoms. The average molecular weight is 746 g/mol. The summed E-state index contributed by atoms with van der Waals surface area (Å²) in [6.07, 6.45) is 8.56. The number of hydrogen-bond donors (Lipinski definition) is 2. The van der Waals surface area contributed by atoms with E-state index in [4.69, 9.17) is 43.4 Å². The number of aromatic nitrogens is 2. The third kappa shape index (κ3) is 10.4. The monoisotopic (exact) mass is 744 g/mol. The average Bonchev–Trinajstić information content (AvgIpc) is 3.81. The number of rotatable bonds is 12. The summed E-state index contributed by atoms with van der Waals surface area (Å²) in [7, 11) is 0. The summed E-state index contributed by atoms with van der Waals surface area (Å²) in [5.41, 5.74) is 5.33. The Morgan fingerprint density at radius 1 is 0.755 bits per heavy atom. The van der Waals surface area contributed by atoms with Gasteiger partial charge in [0.1, 0.15) is 5.75 Å². The van der Waals surface area contributed by atoms with E-state index in [2.05, 4.69) is 26.9 Å². The molecular formula is C42H34Cl2N4O5. The predicted octanol–water partition coefficient (Wildman–Crippen LogP) is 10.3. The highest BCUT2D eigenvalue weighted by molar-refractivity contribution is 6.39. The fourth-order valence-electron chi connectivity index (χ4n) is 4.81. The van der Waals surface area contributed by atoms with Crippen LogP contribution < -0.4 is 15.4 Å². The Balaban J connectivity index is 0.000000204. The van der Waals surface area contributed by atoms with E-state index < -0.39 is 0 Å². The van der Waals surface area contributed by atoms with Crippen LogP contribution >= 0.6 is 23.2 Å². The van der Waals surface area contributed by atoms with Gasteiger partial charge in [-0.1, -0.05) is 51.6 Å². The zero-order valence-corrected chi connectivity index (χ0v) is 30.5. The van der Waals surface area contributed by atoms with Crippen LogP contribution in [0.5, 0.6) is 5.75 Å². The highest BCUT2D eigenvalue weighted by atomic mass is 35.5. The van der Waals surface area contributed by atoms with E-state index in [-0.39, 0.29) is 11.6 Å². The quantitative estimate of drug-likeness (QED) is 0.0717. The summed E-state index contributed by atoms with van der Waals surface area (Å²) >= 11 is 12.1. The smallest absolute Gasteiger partial charge is 0.199 e. The van der Waals surface area contributed by atoms with Gasteiger partial charge in [-0.15, -0.1) is 6.42 Å². The number of terminal acetylenes is 1. The lowest BCUT2D eigenvalue weighted by atomic mass is 10.0. The van der Waals surface area contributed by atoms with Gasteiger partial charge in [0.2, 0.25) is 0 Å². The normalized spacial score (nSPS) is 11.2. The molecular weight excluding hydrogens is 711 g/mol. The molecule has 0 aliphatic rings. The first-order valence-corrected chi connectivity index (χ1v) is 17.1. The fraction of sp³-hybridized carbons (Fsp3) is 0.0952. The summed E-state index contributed by atoms with van der Waals surface area (Å²) in [5, 5.41) is 14.9. The molecule has 9 nitrogen and oxygen atoms in total. The number of nitrogens with zero attached hydrogens (tertiary/aromatic N) is 2. The number of halogens is 2. The van der Waals surface area contributed by atoms with Crippen molar-refractivity contribution in [1.29, 1.82) is 0 Å². The number of ketones is 2. The van der Waals surface area contributed by atoms with Gasteiger partial charge in [-0.2, -0.15) is 0 Å². The van der Waals surface area contributed by atoms with E-state index in [0.29, 0.717) is 61.8 Å². The molecule has 0 saturated heterocycles. The van der Waals surface area contributed by atoms with Crippen molar-refractivity contribution >= 4 is 57.3 Å². The molecule has 0 aliphatic carbocycles. The van der Waals surface area contributed by atoms with E-state index in [1.165, 1.54) is 0 Å². The summed E-state index contributed by atoms with van der Waals surface area (Å²) in [6, 6.07) is 31.7. The number of benzene rings is 4. The lowest BCUT2D eigenvalue weighted by Gasteiger charge is -2.08. The van der Waals surface area contributed by atoms with E-state index >= 15 is 0 Å². The molecule has 0 atom stereocenters. The Morgan fingerprint density at radius 3 is 1.77 bits per heavy atom. The molecule has 0 unspecified atom stereocenters. The molecule has 2 N–H and O–H groups in total. The molecule has 6 aromatic rings. The summed E-state index contributed by atoms with van der Waals surface area (Å²) in [5.74, 6) is 3.64. The topological polar surface area (TPSA) is 119 Å². The minimum atomic E-state index is -0.254. The van der Waals surface area contributed by atoms with Gasteiger partial charge in [0.15, 0.2) is 23.1 Å². The SMILES string of the molecule is C#Cc1ccc(NC=C(C(=O)c2ccc(Cl)cc2)c2cc(C)no2)cc1.CCOc1ccc(NC=C(C(=O)c2ccccc2Cl)c2cc(C)no2)cc1. The summed E-state index contributed by atoms with van der Waals surface area (Å²) in [6.45, 7) is 6.13. The maximum Gasteiger partial charge on any atom is 0.199 e. The Bertz CT molecular complexity index is 2280. The zero-order chi connectivity index (χ0) is 37.7. The Morgan fingerprint density at radius 2 is 1.28 bits per heavy atom. The summed E-state index contributed by atoms with van der Waals surface area (Å²) < 4.78 is 16.0. The van der Waals surface area contributed by atoms with Crippen LogP contribution in [0.4, 0.5) is 11.4 Å². The van der Waals surface area contributed by atoms with E-state index in [0.717, 1.165) is 22.7 Å². The molecule has 0 amide bonds. The Labute approximate surface area is 317 Å². The van der Waals surface area contributed by atoms with Gasteiger partial charge in [-0.05, 0) is 106 Å².